The topological polar surface area (TPSA) is 95.9 Å². The van der Waals surface area contributed by atoms with Crippen molar-refractivity contribution in [2.75, 3.05) is 13.2 Å². The first-order valence-corrected chi connectivity index (χ1v) is 27.6. The molecule has 0 spiro atoms. The number of rotatable bonds is 51. The Morgan fingerprint density at radius 3 is 1.15 bits per heavy atom. The number of aliphatic hydroxyl groups is 2. The van der Waals surface area contributed by atoms with Crippen molar-refractivity contribution in [1.29, 1.82) is 0 Å². The molecule has 0 aromatic rings. The number of unbranched alkanes of at least 4 members (excludes halogenated alkanes) is 38. The monoisotopic (exact) mass is 874 g/mol. The molecule has 0 radical (unpaired) electrons. The summed E-state index contributed by atoms with van der Waals surface area (Å²) >= 11 is 0. The predicted molar refractivity (Wildman–Crippen MR) is 269 cm³/mol. The van der Waals surface area contributed by atoms with E-state index in [1.807, 2.05) is 6.08 Å². The molecule has 0 aliphatic carbocycles. The Morgan fingerprint density at radius 2 is 0.758 bits per heavy atom. The van der Waals surface area contributed by atoms with Crippen LogP contribution in [-0.2, 0) is 14.3 Å². The molecule has 3 N–H and O–H groups in total. The van der Waals surface area contributed by atoms with Crippen LogP contribution in [0.25, 0.3) is 0 Å². The number of amides is 1. The second kappa shape index (κ2) is 52.0. The second-order valence-corrected chi connectivity index (χ2v) is 18.9. The highest BCUT2D eigenvalue weighted by atomic mass is 16.5. The zero-order chi connectivity index (χ0) is 45.1. The summed E-state index contributed by atoms with van der Waals surface area (Å²) in [5.74, 6) is -0.0702. The number of hydrogen-bond donors (Lipinski definition) is 3. The van der Waals surface area contributed by atoms with Crippen molar-refractivity contribution in [2.45, 2.75) is 309 Å². The minimum absolute atomic E-state index is 0.00754. The third-order valence-corrected chi connectivity index (χ3v) is 12.7. The summed E-state index contributed by atoms with van der Waals surface area (Å²) in [4.78, 5) is 24.4. The summed E-state index contributed by atoms with van der Waals surface area (Å²) in [6.07, 6.45) is 61.9. The van der Waals surface area contributed by atoms with Gasteiger partial charge in [0.1, 0.15) is 0 Å². The van der Waals surface area contributed by atoms with Crippen molar-refractivity contribution in [3.8, 4) is 0 Å². The van der Waals surface area contributed by atoms with E-state index in [2.05, 4.69) is 31.3 Å². The van der Waals surface area contributed by atoms with Gasteiger partial charge in [-0.25, -0.2) is 0 Å². The third-order valence-electron chi connectivity index (χ3n) is 12.7. The summed E-state index contributed by atoms with van der Waals surface area (Å²) in [5, 5.41) is 23.0. The molecule has 0 aromatic carbocycles. The Labute approximate surface area is 386 Å². The normalized spacial score (nSPS) is 12.8. The molecule has 6 heteroatoms. The van der Waals surface area contributed by atoms with Gasteiger partial charge in [-0.3, -0.25) is 9.59 Å². The lowest BCUT2D eigenvalue weighted by atomic mass is 10.0. The number of hydrogen-bond acceptors (Lipinski definition) is 5. The molecule has 0 aliphatic heterocycles. The fourth-order valence-electron chi connectivity index (χ4n) is 8.45. The smallest absolute Gasteiger partial charge is 0.305 e. The summed E-state index contributed by atoms with van der Waals surface area (Å²) in [6, 6.07) is -0.632. The van der Waals surface area contributed by atoms with Gasteiger partial charge >= 0.3 is 5.97 Å². The second-order valence-electron chi connectivity index (χ2n) is 18.9. The third kappa shape index (κ3) is 47.8. The van der Waals surface area contributed by atoms with Crippen molar-refractivity contribution < 1.29 is 24.5 Å². The van der Waals surface area contributed by atoms with Crippen LogP contribution in [0.1, 0.15) is 296 Å². The standard InChI is InChI=1S/C56H107NO5/c1-3-5-7-9-11-13-15-16-26-30-34-38-42-46-50-56(61)62-51-47-43-39-35-31-27-24-22-20-18-17-19-21-23-25-29-33-37-41-45-49-55(60)57-53(52-58)54(59)48-44-40-36-32-28-14-12-10-8-6-4-2/h17,19,44,48,53-54,58-59H,3-16,18,20-43,45-47,49-52H2,1-2H3,(H,57,60)/b19-17-,48-44+. The van der Waals surface area contributed by atoms with E-state index in [0.717, 1.165) is 44.9 Å². The number of aliphatic hydroxyl groups excluding tert-OH is 2. The predicted octanol–water partition coefficient (Wildman–Crippen LogP) is 16.7. The molecule has 1 amide bonds. The van der Waals surface area contributed by atoms with E-state index >= 15 is 0 Å². The van der Waals surface area contributed by atoms with Crippen LogP contribution in [0.15, 0.2) is 24.3 Å². The van der Waals surface area contributed by atoms with Crippen LogP contribution < -0.4 is 5.32 Å². The molecule has 0 aliphatic rings. The number of esters is 1. The van der Waals surface area contributed by atoms with Crippen LogP contribution in [0.3, 0.4) is 0 Å². The molecule has 0 heterocycles. The number of nitrogens with one attached hydrogen (secondary N) is 1. The van der Waals surface area contributed by atoms with Gasteiger partial charge in [-0.15, -0.1) is 0 Å². The van der Waals surface area contributed by atoms with Gasteiger partial charge in [-0.2, -0.15) is 0 Å². The highest BCUT2D eigenvalue weighted by molar-refractivity contribution is 5.76. The van der Waals surface area contributed by atoms with E-state index in [-0.39, 0.29) is 18.5 Å². The highest BCUT2D eigenvalue weighted by Crippen LogP contribution is 2.16. The van der Waals surface area contributed by atoms with Gasteiger partial charge < -0.3 is 20.3 Å². The van der Waals surface area contributed by atoms with Crippen LogP contribution >= 0.6 is 0 Å². The van der Waals surface area contributed by atoms with Gasteiger partial charge in [-0.05, 0) is 57.8 Å². The summed E-state index contributed by atoms with van der Waals surface area (Å²) < 4.78 is 5.47. The van der Waals surface area contributed by atoms with Crippen LogP contribution in [0.4, 0.5) is 0 Å². The lowest BCUT2D eigenvalue weighted by Gasteiger charge is -2.20. The first kappa shape index (κ1) is 60.3. The molecule has 0 saturated heterocycles. The van der Waals surface area contributed by atoms with Gasteiger partial charge in [-0.1, -0.05) is 250 Å². The van der Waals surface area contributed by atoms with Crippen LogP contribution in [-0.4, -0.2) is 47.4 Å². The fourth-order valence-corrected chi connectivity index (χ4v) is 8.45. The highest BCUT2D eigenvalue weighted by Gasteiger charge is 2.18. The Balaban J connectivity index is 3.43. The zero-order valence-corrected chi connectivity index (χ0v) is 41.6. The maximum Gasteiger partial charge on any atom is 0.305 e. The minimum atomic E-state index is -0.848. The molecule has 2 atom stereocenters. The van der Waals surface area contributed by atoms with Crippen molar-refractivity contribution in [3.05, 3.63) is 24.3 Å². The summed E-state index contributed by atoms with van der Waals surface area (Å²) in [5.41, 5.74) is 0. The number of allylic oxidation sites excluding steroid dienone is 3. The van der Waals surface area contributed by atoms with Crippen LogP contribution in [0.5, 0.6) is 0 Å². The molecule has 0 rings (SSSR count). The Bertz CT molecular complexity index is 966. The van der Waals surface area contributed by atoms with E-state index in [4.69, 9.17) is 4.74 Å². The molecule has 62 heavy (non-hydrogen) atoms. The number of ether oxygens (including phenoxy) is 1. The van der Waals surface area contributed by atoms with Gasteiger partial charge in [0.15, 0.2) is 0 Å². The SMILES string of the molecule is CCCCCCCCCCC/C=C/C(O)C(CO)NC(=O)CCCCCCCCC/C=C\CCCCCCCCCCCOC(=O)CCCCCCCCCCCCCCCC. The summed E-state index contributed by atoms with van der Waals surface area (Å²) in [6.45, 7) is 4.89. The number of carbonyl (C=O) groups is 2. The molecule has 2 unspecified atom stereocenters. The molecular weight excluding hydrogens is 767 g/mol. The maximum absolute atomic E-state index is 12.4. The summed E-state index contributed by atoms with van der Waals surface area (Å²) in [7, 11) is 0. The molecule has 0 fully saturated rings. The molecule has 0 bridgehead atoms. The van der Waals surface area contributed by atoms with Gasteiger partial charge in [0.05, 0.1) is 25.4 Å². The van der Waals surface area contributed by atoms with Crippen molar-refractivity contribution in [2.24, 2.45) is 0 Å². The van der Waals surface area contributed by atoms with E-state index < -0.39 is 12.1 Å². The first-order valence-electron chi connectivity index (χ1n) is 27.6. The molecular formula is C56H107NO5. The molecule has 6 nitrogen and oxygen atoms in total. The Kier molecular flexibility index (Phi) is 50.6. The van der Waals surface area contributed by atoms with Gasteiger partial charge in [0.2, 0.25) is 5.91 Å². The van der Waals surface area contributed by atoms with E-state index in [1.165, 1.54) is 225 Å². The Morgan fingerprint density at radius 1 is 0.435 bits per heavy atom. The van der Waals surface area contributed by atoms with Crippen LogP contribution in [0.2, 0.25) is 0 Å². The van der Waals surface area contributed by atoms with E-state index in [9.17, 15) is 19.8 Å². The quantitative estimate of drug-likeness (QED) is 0.0321. The van der Waals surface area contributed by atoms with Crippen molar-refractivity contribution >= 4 is 11.9 Å². The average Bonchev–Trinajstić information content (AvgIpc) is 3.27. The largest absolute Gasteiger partial charge is 0.466 e. The van der Waals surface area contributed by atoms with Crippen molar-refractivity contribution in [1.82, 2.24) is 5.32 Å². The van der Waals surface area contributed by atoms with Gasteiger partial charge in [0.25, 0.3) is 0 Å². The number of carbonyl (C=O) groups excluding carboxylic acids is 2. The van der Waals surface area contributed by atoms with Crippen molar-refractivity contribution in [3.63, 3.8) is 0 Å². The van der Waals surface area contributed by atoms with E-state index in [1.54, 1.807) is 6.08 Å². The van der Waals surface area contributed by atoms with E-state index in [0.29, 0.717) is 19.4 Å². The molecule has 0 saturated carbocycles. The maximum atomic E-state index is 12.4. The van der Waals surface area contributed by atoms with Crippen LogP contribution in [0, 0.1) is 0 Å². The van der Waals surface area contributed by atoms with Gasteiger partial charge in [0, 0.05) is 12.8 Å². The lowest BCUT2D eigenvalue weighted by Crippen LogP contribution is -2.45. The average molecular weight is 874 g/mol. The first-order chi connectivity index (χ1) is 30.5. The molecule has 0 aromatic heterocycles. The Hall–Kier alpha value is -1.66. The molecule has 366 valence electrons. The fraction of sp³-hybridized carbons (Fsp3) is 0.893. The zero-order valence-electron chi connectivity index (χ0n) is 41.6. The minimum Gasteiger partial charge on any atom is -0.466 e. The lowest BCUT2D eigenvalue weighted by molar-refractivity contribution is -0.143.